The normalized spacial score (nSPS) is 45.6. The number of fused-ring (bicyclic) bond motifs is 1. The van der Waals surface area contributed by atoms with Crippen LogP contribution < -0.4 is 0 Å². The Kier molecular flexibility index (Phi) is 4.03. The molecule has 4 fully saturated rings. The molecule has 0 bridgehead atoms. The van der Waals surface area contributed by atoms with E-state index in [0.29, 0.717) is 19.3 Å². The number of ether oxygens (including phenoxy) is 2. The van der Waals surface area contributed by atoms with Crippen molar-refractivity contribution in [2.75, 3.05) is 6.54 Å². The first-order valence-electron chi connectivity index (χ1n) is 10.9. The summed E-state index contributed by atoms with van der Waals surface area (Å²) < 4.78 is 11.6. The Bertz CT molecular complexity index is 788. The van der Waals surface area contributed by atoms with Crippen molar-refractivity contribution in [2.45, 2.75) is 83.1 Å². The second-order valence-corrected chi connectivity index (χ2v) is 9.25. The zero-order chi connectivity index (χ0) is 19.8. The highest BCUT2D eigenvalue weighted by molar-refractivity contribution is 5.96. The molecule has 5 rings (SSSR count). The number of rotatable bonds is 2. The van der Waals surface area contributed by atoms with Crippen molar-refractivity contribution < 1.29 is 23.9 Å². The van der Waals surface area contributed by atoms with E-state index in [1.54, 1.807) is 0 Å². The third kappa shape index (κ3) is 2.10. The van der Waals surface area contributed by atoms with E-state index in [9.17, 15) is 14.4 Å². The van der Waals surface area contributed by atoms with Crippen molar-refractivity contribution in [1.82, 2.24) is 4.90 Å². The SMILES string of the molecule is CCC1C2OC(=O)C(C)C2=C2CC(C3CC(C)C(=O)O3)N3CCCCC(=O)C213. The van der Waals surface area contributed by atoms with E-state index in [4.69, 9.17) is 9.47 Å². The minimum absolute atomic E-state index is 0.0244. The summed E-state index contributed by atoms with van der Waals surface area (Å²) in [7, 11) is 0. The van der Waals surface area contributed by atoms with E-state index in [2.05, 4.69) is 11.8 Å². The van der Waals surface area contributed by atoms with Gasteiger partial charge in [-0.3, -0.25) is 19.3 Å². The summed E-state index contributed by atoms with van der Waals surface area (Å²) in [5.74, 6) is -0.430. The quantitative estimate of drug-likeness (QED) is 0.535. The van der Waals surface area contributed by atoms with Crippen LogP contribution in [0.15, 0.2) is 11.1 Å². The Balaban J connectivity index is 1.66. The second-order valence-electron chi connectivity index (χ2n) is 9.25. The van der Waals surface area contributed by atoms with Crippen LogP contribution in [0.25, 0.3) is 0 Å². The van der Waals surface area contributed by atoms with Gasteiger partial charge >= 0.3 is 11.9 Å². The van der Waals surface area contributed by atoms with Gasteiger partial charge in [0, 0.05) is 12.3 Å². The maximum Gasteiger partial charge on any atom is 0.313 e. The van der Waals surface area contributed by atoms with Gasteiger partial charge in [0.1, 0.15) is 17.7 Å². The summed E-state index contributed by atoms with van der Waals surface area (Å²) in [5.41, 5.74) is 1.51. The first-order chi connectivity index (χ1) is 13.4. The van der Waals surface area contributed by atoms with Gasteiger partial charge in [-0.2, -0.15) is 0 Å². The number of esters is 2. The van der Waals surface area contributed by atoms with Crippen molar-refractivity contribution in [2.24, 2.45) is 17.8 Å². The summed E-state index contributed by atoms with van der Waals surface area (Å²) in [4.78, 5) is 40.5. The van der Waals surface area contributed by atoms with E-state index in [1.807, 2.05) is 13.8 Å². The van der Waals surface area contributed by atoms with Crippen molar-refractivity contribution in [3.8, 4) is 0 Å². The van der Waals surface area contributed by atoms with Crippen molar-refractivity contribution in [1.29, 1.82) is 0 Å². The van der Waals surface area contributed by atoms with Gasteiger partial charge < -0.3 is 9.47 Å². The molecule has 0 N–H and O–H groups in total. The Labute approximate surface area is 165 Å². The van der Waals surface area contributed by atoms with Crippen LogP contribution in [0.1, 0.15) is 59.3 Å². The number of carbonyl (C=O) groups is 3. The molecule has 6 heteroatoms. The van der Waals surface area contributed by atoms with Crippen LogP contribution in [0, 0.1) is 17.8 Å². The number of cyclic esters (lactones) is 1. The second kappa shape index (κ2) is 6.15. The lowest BCUT2D eigenvalue weighted by atomic mass is 9.76. The van der Waals surface area contributed by atoms with Crippen molar-refractivity contribution in [3.63, 3.8) is 0 Å². The number of hydrogen-bond acceptors (Lipinski definition) is 6. The van der Waals surface area contributed by atoms with E-state index in [0.717, 1.165) is 37.0 Å². The molecule has 7 atom stereocenters. The fourth-order valence-corrected chi connectivity index (χ4v) is 6.77. The molecule has 28 heavy (non-hydrogen) atoms. The monoisotopic (exact) mass is 387 g/mol. The van der Waals surface area contributed by atoms with E-state index in [-0.39, 0.29) is 53.7 Å². The number of nitrogens with zero attached hydrogens (tertiary/aromatic N) is 1. The van der Waals surface area contributed by atoms with E-state index >= 15 is 0 Å². The van der Waals surface area contributed by atoms with Gasteiger partial charge in [0.25, 0.3) is 0 Å². The fraction of sp³-hybridized carbons (Fsp3) is 0.773. The fourth-order valence-electron chi connectivity index (χ4n) is 6.77. The minimum Gasteiger partial charge on any atom is -0.460 e. The lowest BCUT2D eigenvalue weighted by Gasteiger charge is -2.43. The first kappa shape index (κ1) is 18.3. The highest BCUT2D eigenvalue weighted by atomic mass is 16.6. The number of ketones is 1. The molecule has 0 aromatic heterocycles. The highest BCUT2D eigenvalue weighted by Crippen LogP contribution is 2.60. The standard InChI is InChI=1S/C22H29NO5/c1-4-13-19-18(12(3)21(26)28-19)14-10-15(16-9-11(2)20(25)27-16)23-8-6-5-7-17(24)22(13,14)23/h11-13,15-16,19H,4-10H2,1-3H3. The molecule has 152 valence electrons. The summed E-state index contributed by atoms with van der Waals surface area (Å²) in [6.07, 6.45) is 4.20. The minimum atomic E-state index is -0.664. The van der Waals surface area contributed by atoms with Gasteiger partial charge in [0.2, 0.25) is 0 Å². The third-order valence-electron chi connectivity index (χ3n) is 7.95. The predicted octanol–water partition coefficient (Wildman–Crippen LogP) is 2.40. The van der Waals surface area contributed by atoms with Crippen LogP contribution >= 0.6 is 0 Å². The van der Waals surface area contributed by atoms with Gasteiger partial charge in [0.15, 0.2) is 5.78 Å². The van der Waals surface area contributed by atoms with Gasteiger partial charge in [-0.25, -0.2) is 0 Å². The first-order valence-corrected chi connectivity index (χ1v) is 10.9. The van der Waals surface area contributed by atoms with Crippen LogP contribution in [0.2, 0.25) is 0 Å². The smallest absolute Gasteiger partial charge is 0.313 e. The van der Waals surface area contributed by atoms with Crippen LogP contribution in [-0.4, -0.2) is 53.0 Å². The third-order valence-corrected chi connectivity index (χ3v) is 7.95. The molecule has 4 heterocycles. The molecule has 0 aromatic carbocycles. The van der Waals surface area contributed by atoms with Gasteiger partial charge in [0.05, 0.1) is 17.9 Å². The molecule has 0 amide bonds. The Morgan fingerprint density at radius 1 is 1.11 bits per heavy atom. The highest BCUT2D eigenvalue weighted by Gasteiger charge is 2.69. The Hall–Kier alpha value is -1.69. The molecule has 4 aliphatic heterocycles. The van der Waals surface area contributed by atoms with Crippen molar-refractivity contribution in [3.05, 3.63) is 11.1 Å². The average molecular weight is 387 g/mol. The molecule has 1 spiro atoms. The van der Waals surface area contributed by atoms with Crippen LogP contribution in [0.5, 0.6) is 0 Å². The largest absolute Gasteiger partial charge is 0.460 e. The summed E-state index contributed by atoms with van der Waals surface area (Å²) >= 11 is 0. The molecule has 0 saturated carbocycles. The lowest BCUT2D eigenvalue weighted by molar-refractivity contribution is -0.152. The molecule has 0 aromatic rings. The lowest BCUT2D eigenvalue weighted by Crippen LogP contribution is -2.59. The molecule has 6 nitrogen and oxygen atoms in total. The zero-order valence-electron chi connectivity index (χ0n) is 16.9. The Morgan fingerprint density at radius 3 is 2.57 bits per heavy atom. The number of hydrogen-bond donors (Lipinski definition) is 0. The van der Waals surface area contributed by atoms with Crippen LogP contribution in [0.3, 0.4) is 0 Å². The topological polar surface area (TPSA) is 72.9 Å². The maximum atomic E-state index is 13.7. The van der Waals surface area contributed by atoms with E-state index in [1.165, 1.54) is 0 Å². The molecule has 7 unspecified atom stereocenters. The van der Waals surface area contributed by atoms with Crippen LogP contribution in [-0.2, 0) is 23.9 Å². The maximum absolute atomic E-state index is 13.7. The molecule has 0 radical (unpaired) electrons. The molecule has 4 saturated heterocycles. The zero-order valence-corrected chi connectivity index (χ0v) is 16.9. The van der Waals surface area contributed by atoms with Gasteiger partial charge in [-0.05, 0) is 56.7 Å². The van der Waals surface area contributed by atoms with Gasteiger partial charge in [-0.15, -0.1) is 0 Å². The molecular weight excluding hydrogens is 358 g/mol. The van der Waals surface area contributed by atoms with Gasteiger partial charge in [-0.1, -0.05) is 13.8 Å². The predicted molar refractivity (Wildman–Crippen MR) is 100 cm³/mol. The molecular formula is C22H29NO5. The molecule has 5 aliphatic rings. The summed E-state index contributed by atoms with van der Waals surface area (Å²) in [5, 5.41) is 0. The Morgan fingerprint density at radius 2 is 1.89 bits per heavy atom. The number of carbonyl (C=O) groups excluding carboxylic acids is 3. The number of Topliss-reactive ketones (excluding diaryl/α,β-unsaturated/α-hetero) is 1. The molecule has 1 aliphatic carbocycles. The average Bonchev–Trinajstić information content (AvgIpc) is 3.29. The van der Waals surface area contributed by atoms with Crippen molar-refractivity contribution >= 4 is 17.7 Å². The summed E-state index contributed by atoms with van der Waals surface area (Å²) in [6, 6.07) is 0.0244. The van der Waals surface area contributed by atoms with E-state index < -0.39 is 5.54 Å². The van der Waals surface area contributed by atoms with Crippen LogP contribution in [0.4, 0.5) is 0 Å². The summed E-state index contributed by atoms with van der Waals surface area (Å²) in [6.45, 7) is 6.76.